The molecule has 5 rings (SSSR count). The molecule has 14 heteroatoms. The van der Waals surface area contributed by atoms with Crippen molar-refractivity contribution < 1.29 is 35.9 Å². The number of methoxy groups -OCH3 is 1. The molecular weight excluding hydrogens is 575 g/mol. The summed E-state index contributed by atoms with van der Waals surface area (Å²) in [5.41, 5.74) is -1.20. The van der Waals surface area contributed by atoms with Crippen LogP contribution >= 0.6 is 0 Å². The monoisotopic (exact) mass is 599 g/mol. The Morgan fingerprint density at radius 2 is 1.52 bits per heavy atom. The van der Waals surface area contributed by atoms with Gasteiger partial charge in [0.1, 0.15) is 10.6 Å². The average Bonchev–Trinajstić information content (AvgIpc) is 2.99. The van der Waals surface area contributed by atoms with Gasteiger partial charge in [0.2, 0.25) is 0 Å². The van der Waals surface area contributed by atoms with Crippen LogP contribution in [0.25, 0.3) is 10.9 Å². The Balaban J connectivity index is 1.29. The van der Waals surface area contributed by atoms with Crippen LogP contribution < -0.4 is 9.46 Å². The molecule has 218 valence electrons. The van der Waals surface area contributed by atoms with Crippen LogP contribution in [0.4, 0.5) is 18.9 Å². The minimum absolute atomic E-state index is 0.0187. The van der Waals surface area contributed by atoms with Gasteiger partial charge in [0.05, 0.1) is 23.9 Å². The van der Waals surface area contributed by atoms with Gasteiger partial charge in [-0.2, -0.15) is 13.2 Å². The molecule has 2 amide bonds. The van der Waals surface area contributed by atoms with Crippen molar-refractivity contribution in [2.24, 2.45) is 0 Å². The van der Waals surface area contributed by atoms with Gasteiger partial charge in [0.15, 0.2) is 5.69 Å². The van der Waals surface area contributed by atoms with Crippen molar-refractivity contribution in [3.63, 3.8) is 0 Å². The lowest BCUT2D eigenvalue weighted by Gasteiger charge is -2.35. The standard InChI is InChI=1S/C28H24F3N5O5S/c1-41-22-17-19(9-10-21(22)34-42(39,40)23-8-2-5-18-6-3-11-32-24(18)23)26(37)35-13-15-36(16-14-35)27(38)20-7-4-12-33-25(20)28(29,30)31/h2-12,17,34H,13-16H2,1H3. The SMILES string of the molecule is COc1cc(C(=O)N2CCN(C(=O)c3cccnc3C(F)(F)F)CC2)ccc1NS(=O)(=O)c1cccc2cccnc12. The van der Waals surface area contributed by atoms with Crippen molar-refractivity contribution in [1.29, 1.82) is 0 Å². The molecule has 0 atom stereocenters. The summed E-state index contributed by atoms with van der Waals surface area (Å²) in [6.45, 7) is 0.198. The third-order valence-corrected chi connectivity index (χ3v) is 8.14. The lowest BCUT2D eigenvalue weighted by Crippen LogP contribution is -2.50. The molecule has 0 aliphatic carbocycles. The molecule has 1 N–H and O–H groups in total. The van der Waals surface area contributed by atoms with E-state index in [1.165, 1.54) is 53.4 Å². The third kappa shape index (κ3) is 5.70. The van der Waals surface area contributed by atoms with Crippen molar-refractivity contribution in [3.8, 4) is 5.75 Å². The maximum Gasteiger partial charge on any atom is 0.434 e. The number of benzene rings is 2. The number of halogens is 3. The molecule has 4 aromatic rings. The largest absolute Gasteiger partial charge is 0.495 e. The Hall–Kier alpha value is -4.72. The van der Waals surface area contributed by atoms with Crippen LogP contribution in [-0.4, -0.2) is 73.3 Å². The van der Waals surface area contributed by atoms with E-state index in [0.717, 1.165) is 12.3 Å². The average molecular weight is 600 g/mol. The van der Waals surface area contributed by atoms with E-state index in [4.69, 9.17) is 4.74 Å². The van der Waals surface area contributed by atoms with Crippen molar-refractivity contribution in [3.05, 3.63) is 89.9 Å². The van der Waals surface area contributed by atoms with Crippen molar-refractivity contribution in [2.75, 3.05) is 38.0 Å². The zero-order chi connectivity index (χ0) is 30.1. The molecule has 0 saturated carbocycles. The number of para-hydroxylation sites is 1. The first kappa shape index (κ1) is 28.8. The molecule has 0 radical (unpaired) electrons. The van der Waals surface area contributed by atoms with E-state index in [1.54, 1.807) is 24.3 Å². The molecule has 2 aromatic carbocycles. The number of aromatic nitrogens is 2. The summed E-state index contributed by atoms with van der Waals surface area (Å²) < 4.78 is 74.3. The molecule has 0 spiro atoms. The van der Waals surface area contributed by atoms with E-state index in [2.05, 4.69) is 14.7 Å². The number of nitrogens with zero attached hydrogens (tertiary/aromatic N) is 4. The number of rotatable bonds is 6. The lowest BCUT2D eigenvalue weighted by molar-refractivity contribution is -0.141. The fourth-order valence-corrected chi connectivity index (χ4v) is 5.92. The molecule has 10 nitrogen and oxygen atoms in total. The summed E-state index contributed by atoms with van der Waals surface area (Å²) in [6.07, 6.45) is -2.31. The summed E-state index contributed by atoms with van der Waals surface area (Å²) in [4.78, 5) is 36.3. The zero-order valence-corrected chi connectivity index (χ0v) is 22.9. The molecule has 1 saturated heterocycles. The van der Waals surface area contributed by atoms with Crippen LogP contribution in [0.3, 0.4) is 0 Å². The van der Waals surface area contributed by atoms with Crippen molar-refractivity contribution >= 4 is 38.4 Å². The highest BCUT2D eigenvalue weighted by atomic mass is 32.2. The van der Waals surface area contributed by atoms with Gasteiger partial charge in [-0.15, -0.1) is 0 Å². The number of carbonyl (C=O) groups excluding carboxylic acids is 2. The van der Waals surface area contributed by atoms with E-state index >= 15 is 0 Å². The quantitative estimate of drug-likeness (QED) is 0.355. The number of amides is 2. The number of alkyl halides is 3. The molecule has 3 heterocycles. The summed E-state index contributed by atoms with van der Waals surface area (Å²) in [7, 11) is -2.74. The molecule has 2 aromatic heterocycles. The summed E-state index contributed by atoms with van der Waals surface area (Å²) in [5, 5.41) is 0.649. The minimum atomic E-state index is -4.78. The number of sulfonamides is 1. The summed E-state index contributed by atoms with van der Waals surface area (Å²) >= 11 is 0. The Labute approximate surface area is 238 Å². The first-order valence-corrected chi connectivity index (χ1v) is 14.1. The molecule has 0 unspecified atom stereocenters. The van der Waals surface area contributed by atoms with Crippen LogP contribution in [0.15, 0.2) is 78.0 Å². The number of carbonyl (C=O) groups is 2. The third-order valence-electron chi connectivity index (χ3n) is 6.74. The fourth-order valence-electron chi connectivity index (χ4n) is 4.67. The van der Waals surface area contributed by atoms with Gasteiger partial charge < -0.3 is 14.5 Å². The number of hydrogen-bond acceptors (Lipinski definition) is 7. The van der Waals surface area contributed by atoms with Crippen LogP contribution in [0.2, 0.25) is 0 Å². The fraction of sp³-hybridized carbons (Fsp3) is 0.214. The maximum atomic E-state index is 13.3. The molecule has 0 bridgehead atoms. The van der Waals surface area contributed by atoms with Crippen molar-refractivity contribution in [1.82, 2.24) is 19.8 Å². The van der Waals surface area contributed by atoms with E-state index in [-0.39, 0.29) is 48.1 Å². The maximum absolute atomic E-state index is 13.3. The first-order valence-electron chi connectivity index (χ1n) is 12.6. The predicted octanol–water partition coefficient (Wildman–Crippen LogP) is 4.06. The van der Waals surface area contributed by atoms with E-state index in [0.29, 0.717) is 10.9 Å². The topological polar surface area (TPSA) is 122 Å². The summed E-state index contributed by atoms with van der Waals surface area (Å²) in [5.74, 6) is -1.13. The second-order valence-electron chi connectivity index (χ2n) is 9.33. The van der Waals surface area contributed by atoms with E-state index in [9.17, 15) is 31.2 Å². The Kier molecular flexibility index (Phi) is 7.73. The van der Waals surface area contributed by atoms with E-state index in [1.807, 2.05) is 0 Å². The number of pyridine rings is 2. The normalized spacial score (nSPS) is 14.1. The van der Waals surface area contributed by atoms with Gasteiger partial charge in [0.25, 0.3) is 21.8 Å². The van der Waals surface area contributed by atoms with Crippen LogP contribution in [0.1, 0.15) is 26.4 Å². The number of nitrogens with one attached hydrogen (secondary N) is 1. The highest BCUT2D eigenvalue weighted by Crippen LogP contribution is 2.32. The molecule has 42 heavy (non-hydrogen) atoms. The number of fused-ring (bicyclic) bond motifs is 1. The first-order chi connectivity index (χ1) is 20.0. The number of ether oxygens (including phenoxy) is 1. The zero-order valence-electron chi connectivity index (χ0n) is 22.1. The van der Waals surface area contributed by atoms with Gasteiger partial charge >= 0.3 is 6.18 Å². The van der Waals surface area contributed by atoms with Gasteiger partial charge in [0, 0.05) is 49.5 Å². The lowest BCUT2D eigenvalue weighted by atomic mass is 10.1. The Morgan fingerprint density at radius 3 is 2.21 bits per heavy atom. The van der Waals surface area contributed by atoms with Crippen LogP contribution in [0, 0.1) is 0 Å². The van der Waals surface area contributed by atoms with E-state index < -0.39 is 39.3 Å². The van der Waals surface area contributed by atoms with Gasteiger partial charge in [-0.3, -0.25) is 24.3 Å². The second-order valence-corrected chi connectivity index (χ2v) is 11.0. The van der Waals surface area contributed by atoms with Crippen molar-refractivity contribution in [2.45, 2.75) is 11.1 Å². The smallest absolute Gasteiger partial charge is 0.434 e. The number of anilines is 1. The highest BCUT2D eigenvalue weighted by molar-refractivity contribution is 7.93. The number of hydrogen-bond donors (Lipinski definition) is 1. The molecule has 1 aliphatic heterocycles. The molecule has 1 fully saturated rings. The molecule has 1 aliphatic rings. The Morgan fingerprint density at radius 1 is 0.881 bits per heavy atom. The van der Waals surface area contributed by atoms with Gasteiger partial charge in [-0.1, -0.05) is 18.2 Å². The number of piperazine rings is 1. The summed E-state index contributed by atoms with van der Waals surface area (Å²) in [6, 6.07) is 14.8. The highest BCUT2D eigenvalue weighted by Gasteiger charge is 2.38. The second kappa shape index (κ2) is 11.3. The minimum Gasteiger partial charge on any atom is -0.495 e. The molecular formula is C28H24F3N5O5S. The van der Waals surface area contributed by atoms with Crippen LogP contribution in [0.5, 0.6) is 5.75 Å². The predicted molar refractivity (Wildman–Crippen MR) is 147 cm³/mol. The van der Waals surface area contributed by atoms with Crippen LogP contribution in [-0.2, 0) is 16.2 Å². The van der Waals surface area contributed by atoms with Gasteiger partial charge in [-0.25, -0.2) is 8.42 Å². The Bertz CT molecular complexity index is 1770. The van der Waals surface area contributed by atoms with Gasteiger partial charge in [-0.05, 0) is 42.5 Å².